The fourth-order valence-corrected chi connectivity index (χ4v) is 4.46. The predicted molar refractivity (Wildman–Crippen MR) is 129 cm³/mol. The summed E-state index contributed by atoms with van der Waals surface area (Å²) in [4.78, 5) is 13.0. The van der Waals surface area contributed by atoms with Crippen LogP contribution in [0.3, 0.4) is 0 Å². The largest absolute Gasteiger partial charge is 0.344 e. The van der Waals surface area contributed by atoms with Gasteiger partial charge in [-0.3, -0.25) is 9.10 Å². The molecule has 1 atom stereocenters. The van der Waals surface area contributed by atoms with E-state index in [1.54, 1.807) is 12.1 Å². The van der Waals surface area contributed by atoms with Gasteiger partial charge < -0.3 is 5.32 Å². The van der Waals surface area contributed by atoms with E-state index in [-0.39, 0.29) is 18.5 Å². The number of amides is 1. The molecule has 0 spiro atoms. The number of carbonyl (C=O) groups is 1. The molecular weight excluding hydrogens is 511 g/mol. The molecule has 3 rings (SSSR count). The van der Waals surface area contributed by atoms with E-state index < -0.39 is 10.0 Å². The van der Waals surface area contributed by atoms with Crippen molar-refractivity contribution in [2.75, 3.05) is 17.1 Å². The van der Waals surface area contributed by atoms with E-state index in [4.69, 9.17) is 0 Å². The van der Waals surface area contributed by atoms with Crippen molar-refractivity contribution in [3.05, 3.63) is 99.1 Å². The molecule has 0 fully saturated rings. The molecule has 3 aromatic rings. The van der Waals surface area contributed by atoms with E-state index in [0.717, 1.165) is 30.8 Å². The number of aryl methyl sites for hydroxylation is 1. The number of hydrogen-bond acceptors (Lipinski definition) is 3. The smallest absolute Gasteiger partial charge is 0.241 e. The van der Waals surface area contributed by atoms with E-state index >= 15 is 0 Å². The van der Waals surface area contributed by atoms with Crippen LogP contribution in [0.2, 0.25) is 0 Å². The zero-order valence-corrected chi connectivity index (χ0v) is 19.7. The van der Waals surface area contributed by atoms with Crippen molar-refractivity contribution in [3.63, 3.8) is 0 Å². The Morgan fingerprint density at radius 3 is 2.17 bits per heavy atom. The lowest BCUT2D eigenvalue weighted by atomic mass is 9.95. The first kappa shape index (κ1) is 22.3. The number of carbonyl (C=O) groups excluding carboxylic acids is 1. The number of benzene rings is 3. The van der Waals surface area contributed by atoms with Gasteiger partial charge in [0.2, 0.25) is 15.9 Å². The van der Waals surface area contributed by atoms with Gasteiger partial charge in [-0.2, -0.15) is 0 Å². The molecule has 0 saturated carbocycles. The third-order valence-corrected chi connectivity index (χ3v) is 6.60. The molecule has 0 bridgehead atoms. The topological polar surface area (TPSA) is 66.5 Å². The first-order valence-electron chi connectivity index (χ1n) is 9.39. The van der Waals surface area contributed by atoms with Crippen LogP contribution >= 0.6 is 22.6 Å². The van der Waals surface area contributed by atoms with Crippen molar-refractivity contribution < 1.29 is 13.2 Å². The molecule has 30 heavy (non-hydrogen) atoms. The Bertz CT molecular complexity index is 1120. The van der Waals surface area contributed by atoms with Gasteiger partial charge in [0.05, 0.1) is 18.0 Å². The second-order valence-corrected chi connectivity index (χ2v) is 10.2. The minimum Gasteiger partial charge on any atom is -0.344 e. The highest BCUT2D eigenvalue weighted by Gasteiger charge is 2.24. The predicted octanol–water partition coefficient (Wildman–Crippen LogP) is 4.27. The second kappa shape index (κ2) is 9.61. The minimum atomic E-state index is -3.63. The summed E-state index contributed by atoms with van der Waals surface area (Å²) in [5.74, 6) is -0.379. The normalized spacial score (nSPS) is 12.2. The quantitative estimate of drug-likeness (QED) is 0.461. The van der Waals surface area contributed by atoms with E-state index in [2.05, 4.69) is 27.9 Å². The summed E-state index contributed by atoms with van der Waals surface area (Å²) >= 11 is 2.15. The molecule has 0 aliphatic carbocycles. The number of sulfonamides is 1. The van der Waals surface area contributed by atoms with Crippen molar-refractivity contribution >= 4 is 44.2 Å². The fraction of sp³-hybridized carbons (Fsp3) is 0.174. The Kier molecular flexibility index (Phi) is 7.14. The van der Waals surface area contributed by atoms with Gasteiger partial charge >= 0.3 is 0 Å². The van der Waals surface area contributed by atoms with Crippen LogP contribution in [-0.2, 0) is 14.8 Å². The summed E-state index contributed by atoms with van der Waals surface area (Å²) in [5, 5.41) is 3.03. The van der Waals surface area contributed by atoms with E-state index in [1.807, 2.05) is 73.7 Å². The van der Waals surface area contributed by atoms with Crippen LogP contribution in [-0.4, -0.2) is 27.1 Å². The van der Waals surface area contributed by atoms with Gasteiger partial charge in [-0.05, 0) is 70.5 Å². The number of rotatable bonds is 7. The summed E-state index contributed by atoms with van der Waals surface area (Å²) in [5.41, 5.74) is 3.40. The van der Waals surface area contributed by atoms with Gasteiger partial charge in [-0.15, -0.1) is 0 Å². The van der Waals surface area contributed by atoms with Gasteiger partial charge in [-0.25, -0.2) is 8.42 Å². The fourth-order valence-electron chi connectivity index (χ4n) is 3.24. The highest BCUT2D eigenvalue weighted by Crippen LogP contribution is 2.25. The van der Waals surface area contributed by atoms with E-state index in [1.165, 1.54) is 0 Å². The number of nitrogens with one attached hydrogen (secondary N) is 1. The van der Waals surface area contributed by atoms with E-state index in [9.17, 15) is 13.2 Å². The third-order valence-electron chi connectivity index (χ3n) is 4.74. The molecule has 0 heterocycles. The van der Waals surface area contributed by atoms with Crippen LogP contribution in [0.25, 0.3) is 0 Å². The lowest BCUT2D eigenvalue weighted by molar-refractivity contribution is -0.120. The first-order chi connectivity index (χ1) is 14.3. The van der Waals surface area contributed by atoms with Crippen LogP contribution in [0, 0.1) is 10.5 Å². The molecule has 0 radical (unpaired) electrons. The van der Waals surface area contributed by atoms with Gasteiger partial charge in [0.15, 0.2) is 0 Å². The Hall–Kier alpha value is -2.39. The van der Waals surface area contributed by atoms with Crippen molar-refractivity contribution in [2.24, 2.45) is 0 Å². The Labute approximate surface area is 191 Å². The maximum atomic E-state index is 13.0. The molecular formula is C23H23IN2O3S. The molecule has 0 unspecified atom stereocenters. The number of anilines is 1. The molecule has 7 heteroatoms. The van der Waals surface area contributed by atoms with Crippen molar-refractivity contribution in [1.82, 2.24) is 5.32 Å². The summed E-state index contributed by atoms with van der Waals surface area (Å²) in [6.07, 6.45) is 1.11. The van der Waals surface area contributed by atoms with Gasteiger partial charge in [0.25, 0.3) is 0 Å². The van der Waals surface area contributed by atoms with Crippen LogP contribution in [0.15, 0.2) is 78.9 Å². The number of halogens is 1. The summed E-state index contributed by atoms with van der Waals surface area (Å²) in [6.45, 7) is 1.69. The van der Waals surface area contributed by atoms with Crippen LogP contribution in [0.5, 0.6) is 0 Å². The lowest BCUT2D eigenvalue weighted by Gasteiger charge is -2.25. The second-order valence-electron chi connectivity index (χ2n) is 7.01. The summed E-state index contributed by atoms with van der Waals surface area (Å²) in [6, 6.07) is 24.1. The van der Waals surface area contributed by atoms with Gasteiger partial charge in [-0.1, -0.05) is 54.6 Å². The summed E-state index contributed by atoms with van der Waals surface area (Å²) < 4.78 is 26.9. The maximum absolute atomic E-state index is 13.0. The molecule has 1 amide bonds. The zero-order valence-electron chi connectivity index (χ0n) is 16.7. The van der Waals surface area contributed by atoms with Crippen molar-refractivity contribution in [2.45, 2.75) is 13.0 Å². The summed E-state index contributed by atoms with van der Waals surface area (Å²) in [7, 11) is -3.63. The lowest BCUT2D eigenvalue weighted by Crippen LogP contribution is -2.42. The third kappa shape index (κ3) is 5.60. The molecule has 0 saturated heterocycles. The molecule has 0 aliphatic heterocycles. The molecule has 0 aromatic heterocycles. The molecule has 3 aromatic carbocycles. The highest BCUT2D eigenvalue weighted by molar-refractivity contribution is 14.1. The van der Waals surface area contributed by atoms with Gasteiger partial charge in [0, 0.05) is 3.57 Å². The van der Waals surface area contributed by atoms with Crippen LogP contribution < -0.4 is 9.62 Å². The van der Waals surface area contributed by atoms with Crippen LogP contribution in [0.4, 0.5) is 5.69 Å². The monoisotopic (exact) mass is 534 g/mol. The Balaban J connectivity index is 1.90. The highest BCUT2D eigenvalue weighted by atomic mass is 127. The Morgan fingerprint density at radius 2 is 1.57 bits per heavy atom. The first-order valence-corrected chi connectivity index (χ1v) is 12.3. The standard InChI is InChI=1S/C23H23IN2O3S/c1-17-8-6-7-11-21(17)23(18-9-4-3-5-10-18)25-22(27)16-26(30(2,28)29)20-14-12-19(24)13-15-20/h3-15,23H,16H2,1-2H3,(H,25,27)/t23-/m0/s1. The average molecular weight is 534 g/mol. The molecule has 0 aliphatic rings. The minimum absolute atomic E-state index is 0.297. The SMILES string of the molecule is Cc1ccccc1[C@@H](NC(=O)CN(c1ccc(I)cc1)S(C)(=O)=O)c1ccccc1. The van der Waals surface area contributed by atoms with Crippen LogP contribution in [0.1, 0.15) is 22.7 Å². The zero-order chi connectivity index (χ0) is 21.7. The molecule has 5 nitrogen and oxygen atoms in total. The Morgan fingerprint density at radius 1 is 0.967 bits per heavy atom. The van der Waals surface area contributed by atoms with Crippen molar-refractivity contribution in [3.8, 4) is 0 Å². The van der Waals surface area contributed by atoms with E-state index in [0.29, 0.717) is 5.69 Å². The average Bonchev–Trinajstić information content (AvgIpc) is 2.71. The van der Waals surface area contributed by atoms with Gasteiger partial charge in [0.1, 0.15) is 6.54 Å². The number of nitrogens with zero attached hydrogens (tertiary/aromatic N) is 1. The molecule has 156 valence electrons. The molecule has 1 N–H and O–H groups in total. The number of hydrogen-bond donors (Lipinski definition) is 1. The maximum Gasteiger partial charge on any atom is 0.241 e. The van der Waals surface area contributed by atoms with Crippen molar-refractivity contribution in [1.29, 1.82) is 0 Å².